The minimum Gasteiger partial charge on any atom is -0.356 e. The van der Waals surface area contributed by atoms with Crippen molar-refractivity contribution in [1.29, 1.82) is 0 Å². The Hall–Kier alpha value is -0.770. The van der Waals surface area contributed by atoms with Crippen molar-refractivity contribution < 1.29 is 0 Å². The van der Waals surface area contributed by atoms with Crippen LogP contribution in [0.1, 0.15) is 19.3 Å². The summed E-state index contributed by atoms with van der Waals surface area (Å²) in [4.78, 5) is 4.40. The number of hydrogen-bond acceptors (Lipinski definition) is 4. The molecule has 2 aliphatic heterocycles. The van der Waals surface area contributed by atoms with Crippen molar-refractivity contribution in [3.8, 4) is 0 Å². The summed E-state index contributed by atoms with van der Waals surface area (Å²) in [5.74, 6) is 1.01. The highest BCUT2D eigenvalue weighted by Gasteiger charge is 2.14. The van der Waals surface area contributed by atoms with Crippen molar-refractivity contribution in [3.63, 3.8) is 0 Å². The van der Waals surface area contributed by atoms with Crippen LogP contribution < -0.4 is 16.0 Å². The number of aliphatic imine (C=N–C) groups is 1. The summed E-state index contributed by atoms with van der Waals surface area (Å²) >= 11 is 0. The topological polar surface area (TPSA) is 48.5 Å². The number of rotatable bonds is 1. The van der Waals surface area contributed by atoms with Gasteiger partial charge in [0.05, 0.1) is 0 Å². The van der Waals surface area contributed by atoms with Gasteiger partial charge in [-0.1, -0.05) is 0 Å². The molecule has 2 heterocycles. The van der Waals surface area contributed by atoms with Gasteiger partial charge in [-0.15, -0.1) is 0 Å². The first-order chi connectivity index (χ1) is 6.45. The van der Waals surface area contributed by atoms with Gasteiger partial charge >= 0.3 is 0 Å². The number of nitrogens with zero attached hydrogens (tertiary/aromatic N) is 1. The first-order valence-corrected chi connectivity index (χ1v) is 5.21. The second-order valence-electron chi connectivity index (χ2n) is 3.68. The van der Waals surface area contributed by atoms with E-state index in [0.29, 0.717) is 6.04 Å². The van der Waals surface area contributed by atoms with Crippen LogP contribution >= 0.6 is 0 Å². The lowest BCUT2D eigenvalue weighted by Gasteiger charge is -2.26. The fraction of sp³-hybridized carbons (Fsp3) is 0.889. The standard InChI is InChI=1S/C9H18N4/c1-4-11-9(12-5-1)13-8-2-6-10-7-3-8/h8,10H,1-7H2,(H2,11,12,13). The second-order valence-corrected chi connectivity index (χ2v) is 3.68. The maximum Gasteiger partial charge on any atom is 0.191 e. The molecule has 74 valence electrons. The number of nitrogens with one attached hydrogen (secondary N) is 3. The van der Waals surface area contributed by atoms with Gasteiger partial charge in [-0.25, -0.2) is 0 Å². The van der Waals surface area contributed by atoms with Gasteiger partial charge in [-0.05, 0) is 32.4 Å². The normalized spacial score (nSPS) is 24.8. The predicted octanol–water partition coefficient (Wildman–Crippen LogP) is -0.323. The molecule has 0 aromatic heterocycles. The zero-order valence-corrected chi connectivity index (χ0v) is 7.97. The molecule has 0 bridgehead atoms. The highest BCUT2D eigenvalue weighted by molar-refractivity contribution is 5.80. The van der Waals surface area contributed by atoms with E-state index in [-0.39, 0.29) is 0 Å². The largest absolute Gasteiger partial charge is 0.356 e. The smallest absolute Gasteiger partial charge is 0.191 e. The van der Waals surface area contributed by atoms with Gasteiger partial charge in [0, 0.05) is 19.1 Å². The van der Waals surface area contributed by atoms with Crippen molar-refractivity contribution in [2.75, 3.05) is 26.2 Å². The molecule has 4 heteroatoms. The van der Waals surface area contributed by atoms with E-state index in [1.54, 1.807) is 0 Å². The van der Waals surface area contributed by atoms with E-state index in [2.05, 4.69) is 20.9 Å². The fourth-order valence-corrected chi connectivity index (χ4v) is 1.79. The Morgan fingerprint density at radius 2 is 2.08 bits per heavy atom. The lowest BCUT2D eigenvalue weighted by atomic mass is 10.1. The van der Waals surface area contributed by atoms with Gasteiger partial charge in [0.15, 0.2) is 5.96 Å². The van der Waals surface area contributed by atoms with Crippen molar-refractivity contribution in [1.82, 2.24) is 16.0 Å². The molecule has 2 aliphatic rings. The minimum absolute atomic E-state index is 0.616. The van der Waals surface area contributed by atoms with E-state index in [1.807, 2.05) is 0 Å². The second kappa shape index (κ2) is 4.46. The quantitative estimate of drug-likeness (QED) is 0.521. The van der Waals surface area contributed by atoms with Crippen molar-refractivity contribution in [2.24, 2.45) is 4.99 Å². The third kappa shape index (κ3) is 2.59. The van der Waals surface area contributed by atoms with Crippen molar-refractivity contribution in [2.45, 2.75) is 25.3 Å². The van der Waals surface area contributed by atoms with E-state index < -0.39 is 0 Å². The lowest BCUT2D eigenvalue weighted by molar-refractivity contribution is 0.424. The molecular formula is C9H18N4. The van der Waals surface area contributed by atoms with Gasteiger partial charge in [-0.2, -0.15) is 0 Å². The monoisotopic (exact) mass is 182 g/mol. The molecule has 3 N–H and O–H groups in total. The summed E-state index contributed by atoms with van der Waals surface area (Å²) < 4.78 is 0. The predicted molar refractivity (Wildman–Crippen MR) is 53.9 cm³/mol. The Bertz CT molecular complexity index is 184. The molecule has 0 aromatic carbocycles. The average molecular weight is 182 g/mol. The van der Waals surface area contributed by atoms with Crippen LogP contribution in [-0.2, 0) is 0 Å². The summed E-state index contributed by atoms with van der Waals surface area (Å²) in [5.41, 5.74) is 0. The van der Waals surface area contributed by atoms with Gasteiger partial charge in [0.25, 0.3) is 0 Å². The molecule has 13 heavy (non-hydrogen) atoms. The third-order valence-electron chi connectivity index (χ3n) is 2.58. The van der Waals surface area contributed by atoms with E-state index >= 15 is 0 Å². The van der Waals surface area contributed by atoms with Gasteiger partial charge in [-0.3, -0.25) is 4.99 Å². The number of guanidine groups is 1. The van der Waals surface area contributed by atoms with Crippen LogP contribution in [0.5, 0.6) is 0 Å². The summed E-state index contributed by atoms with van der Waals surface area (Å²) in [5, 5.41) is 10.1. The zero-order chi connectivity index (χ0) is 8.93. The Morgan fingerprint density at radius 1 is 1.23 bits per heavy atom. The summed E-state index contributed by atoms with van der Waals surface area (Å²) in [6.45, 7) is 4.30. The van der Waals surface area contributed by atoms with Crippen LogP contribution in [-0.4, -0.2) is 38.2 Å². The van der Waals surface area contributed by atoms with Gasteiger partial charge < -0.3 is 16.0 Å². The molecule has 1 fully saturated rings. The Labute approximate surface area is 79.2 Å². The van der Waals surface area contributed by atoms with Crippen LogP contribution in [0.15, 0.2) is 4.99 Å². The van der Waals surface area contributed by atoms with Crippen LogP contribution in [0.4, 0.5) is 0 Å². The first-order valence-electron chi connectivity index (χ1n) is 5.21. The Morgan fingerprint density at radius 3 is 2.77 bits per heavy atom. The van der Waals surface area contributed by atoms with E-state index in [9.17, 15) is 0 Å². The molecular weight excluding hydrogens is 164 g/mol. The third-order valence-corrected chi connectivity index (χ3v) is 2.58. The Kier molecular flexibility index (Phi) is 3.02. The van der Waals surface area contributed by atoms with Crippen molar-refractivity contribution in [3.05, 3.63) is 0 Å². The maximum atomic E-state index is 4.40. The molecule has 0 atom stereocenters. The highest BCUT2D eigenvalue weighted by Crippen LogP contribution is 2.02. The first kappa shape index (κ1) is 8.81. The molecule has 2 rings (SSSR count). The molecule has 4 nitrogen and oxygen atoms in total. The van der Waals surface area contributed by atoms with Crippen LogP contribution in [0, 0.1) is 0 Å². The summed E-state index contributed by atoms with van der Waals surface area (Å²) in [6.07, 6.45) is 3.58. The molecule has 0 saturated carbocycles. The Balaban J connectivity index is 1.78. The summed E-state index contributed by atoms with van der Waals surface area (Å²) in [7, 11) is 0. The molecule has 0 radical (unpaired) electrons. The zero-order valence-electron chi connectivity index (χ0n) is 7.97. The molecule has 0 aliphatic carbocycles. The van der Waals surface area contributed by atoms with E-state index in [4.69, 9.17) is 0 Å². The molecule has 0 spiro atoms. The molecule has 0 amide bonds. The van der Waals surface area contributed by atoms with Gasteiger partial charge in [0.1, 0.15) is 0 Å². The van der Waals surface area contributed by atoms with Crippen LogP contribution in [0.2, 0.25) is 0 Å². The lowest BCUT2D eigenvalue weighted by Crippen LogP contribution is -2.49. The van der Waals surface area contributed by atoms with E-state index in [0.717, 1.165) is 38.6 Å². The molecule has 0 aromatic rings. The van der Waals surface area contributed by atoms with Gasteiger partial charge in [0.2, 0.25) is 0 Å². The highest BCUT2D eigenvalue weighted by atomic mass is 15.2. The number of hydrogen-bond donors (Lipinski definition) is 3. The minimum atomic E-state index is 0.616. The SMILES string of the molecule is C1CN=C(NC2CCNCC2)NC1. The molecule has 0 unspecified atom stereocenters. The van der Waals surface area contributed by atoms with E-state index in [1.165, 1.54) is 12.8 Å². The average Bonchev–Trinajstić information content (AvgIpc) is 2.21. The van der Waals surface area contributed by atoms with Crippen LogP contribution in [0.3, 0.4) is 0 Å². The van der Waals surface area contributed by atoms with Crippen molar-refractivity contribution >= 4 is 5.96 Å². The van der Waals surface area contributed by atoms with Crippen LogP contribution in [0.25, 0.3) is 0 Å². The fourth-order valence-electron chi connectivity index (χ4n) is 1.79. The number of piperidine rings is 1. The molecule has 1 saturated heterocycles. The maximum absolute atomic E-state index is 4.40. The summed E-state index contributed by atoms with van der Waals surface area (Å²) in [6, 6.07) is 0.616.